The molecule has 0 radical (unpaired) electrons. The van der Waals surface area contributed by atoms with Crippen LogP contribution in [0.5, 0.6) is 0 Å². The molecule has 5 nitrogen and oxygen atoms in total. The molecule has 1 aromatic heterocycles. The molecule has 2 aromatic rings. The Kier molecular flexibility index (Phi) is 4.16. The van der Waals surface area contributed by atoms with Crippen molar-refractivity contribution in [3.63, 3.8) is 0 Å². The molecule has 0 fully saturated rings. The van der Waals surface area contributed by atoms with Crippen molar-refractivity contribution in [1.29, 1.82) is 0 Å². The van der Waals surface area contributed by atoms with Gasteiger partial charge in [0.2, 0.25) is 5.91 Å². The van der Waals surface area contributed by atoms with Gasteiger partial charge in [0.1, 0.15) is 12.4 Å². The van der Waals surface area contributed by atoms with Crippen LogP contribution in [0.4, 0.5) is 10.1 Å². The van der Waals surface area contributed by atoms with Gasteiger partial charge in [-0.1, -0.05) is 22.0 Å². The average molecular weight is 327 g/mol. The van der Waals surface area contributed by atoms with Crippen molar-refractivity contribution in [2.75, 3.05) is 5.32 Å². The quantitative estimate of drug-likeness (QED) is 0.881. The lowest BCUT2D eigenvalue weighted by molar-refractivity contribution is -0.118. The maximum Gasteiger partial charge on any atom is 0.239 e. The number of amides is 1. The van der Waals surface area contributed by atoms with Crippen LogP contribution < -0.4 is 11.1 Å². The van der Waals surface area contributed by atoms with Gasteiger partial charge in [0.25, 0.3) is 0 Å². The molecule has 0 saturated carbocycles. The number of anilines is 1. The summed E-state index contributed by atoms with van der Waals surface area (Å²) >= 11 is 3.30. The number of halogens is 2. The number of aromatic nitrogens is 2. The third-order valence-electron chi connectivity index (χ3n) is 2.45. The molecule has 1 aromatic carbocycles. The number of benzene rings is 1. The highest BCUT2D eigenvalue weighted by atomic mass is 79.9. The van der Waals surface area contributed by atoms with Crippen molar-refractivity contribution in [2.45, 2.75) is 13.1 Å². The van der Waals surface area contributed by atoms with Gasteiger partial charge in [-0.05, 0) is 17.7 Å². The molecule has 0 aliphatic rings. The summed E-state index contributed by atoms with van der Waals surface area (Å²) in [5.74, 6) is -0.735. The van der Waals surface area contributed by atoms with Crippen LogP contribution in [0.15, 0.2) is 35.1 Å². The van der Waals surface area contributed by atoms with Gasteiger partial charge in [-0.25, -0.2) is 4.39 Å². The lowest BCUT2D eigenvalue weighted by Gasteiger charge is -2.06. The summed E-state index contributed by atoms with van der Waals surface area (Å²) in [6.07, 6.45) is 3.28. The van der Waals surface area contributed by atoms with Gasteiger partial charge in [0.05, 0.1) is 11.9 Å². The van der Waals surface area contributed by atoms with Crippen LogP contribution in [0.2, 0.25) is 0 Å². The van der Waals surface area contributed by atoms with E-state index in [0.29, 0.717) is 11.0 Å². The van der Waals surface area contributed by atoms with Gasteiger partial charge in [-0.3, -0.25) is 9.48 Å². The third-order valence-corrected chi connectivity index (χ3v) is 3.19. The second kappa shape index (κ2) is 5.83. The summed E-state index contributed by atoms with van der Waals surface area (Å²) in [6.45, 7) is 0.561. The molecule has 0 aliphatic heterocycles. The smallest absolute Gasteiger partial charge is 0.239 e. The minimum atomic E-state index is -0.448. The largest absolute Gasteiger partial charge is 0.378 e. The summed E-state index contributed by atoms with van der Waals surface area (Å²) in [5, 5.41) is 7.11. The Morgan fingerprint density at radius 3 is 3.00 bits per heavy atom. The number of primary amides is 1. The molecular formula is C12H12BrFN4O. The third kappa shape index (κ3) is 3.78. The van der Waals surface area contributed by atoms with Crippen LogP contribution in [-0.2, 0) is 17.9 Å². The normalized spacial score (nSPS) is 10.4. The Morgan fingerprint density at radius 2 is 2.32 bits per heavy atom. The first-order chi connectivity index (χ1) is 9.04. The van der Waals surface area contributed by atoms with E-state index in [4.69, 9.17) is 5.73 Å². The zero-order valence-corrected chi connectivity index (χ0v) is 11.5. The lowest BCUT2D eigenvalue weighted by atomic mass is 10.2. The zero-order valence-electron chi connectivity index (χ0n) is 9.94. The Balaban J connectivity index is 1.98. The molecule has 3 N–H and O–H groups in total. The monoisotopic (exact) mass is 326 g/mol. The molecule has 7 heteroatoms. The molecule has 0 spiro atoms. The summed E-state index contributed by atoms with van der Waals surface area (Å²) in [7, 11) is 0. The maximum absolute atomic E-state index is 12.9. The van der Waals surface area contributed by atoms with E-state index in [1.807, 2.05) is 0 Å². The van der Waals surface area contributed by atoms with Gasteiger partial charge < -0.3 is 11.1 Å². The Labute approximate surface area is 117 Å². The second-order valence-electron chi connectivity index (χ2n) is 3.98. The van der Waals surface area contributed by atoms with E-state index in [-0.39, 0.29) is 12.4 Å². The molecule has 0 atom stereocenters. The first-order valence-corrected chi connectivity index (χ1v) is 6.32. The zero-order chi connectivity index (χ0) is 13.8. The van der Waals surface area contributed by atoms with Crippen molar-refractivity contribution in [2.24, 2.45) is 5.73 Å². The molecule has 1 amide bonds. The number of hydrogen-bond donors (Lipinski definition) is 2. The van der Waals surface area contributed by atoms with Gasteiger partial charge in [-0.15, -0.1) is 0 Å². The fourth-order valence-corrected chi connectivity index (χ4v) is 2.05. The van der Waals surface area contributed by atoms with Crippen LogP contribution >= 0.6 is 15.9 Å². The summed E-state index contributed by atoms with van der Waals surface area (Å²) in [6, 6.07) is 4.51. The minimum Gasteiger partial charge on any atom is -0.378 e. The van der Waals surface area contributed by atoms with Crippen LogP contribution in [0, 0.1) is 5.82 Å². The molecule has 0 bridgehead atoms. The van der Waals surface area contributed by atoms with Crippen LogP contribution in [0.1, 0.15) is 5.56 Å². The molecular weight excluding hydrogens is 315 g/mol. The molecule has 0 unspecified atom stereocenters. The van der Waals surface area contributed by atoms with Crippen molar-refractivity contribution in [3.05, 3.63) is 46.4 Å². The summed E-state index contributed by atoms with van der Waals surface area (Å²) in [4.78, 5) is 10.7. The standard InChI is InChI=1S/C12H12BrFN4O/c13-11-3-9(14)2-1-8(11)4-16-10-5-17-18(6-10)7-12(15)19/h1-3,5-6,16H,4,7H2,(H2,15,19). The van der Waals surface area contributed by atoms with E-state index in [9.17, 15) is 9.18 Å². The highest BCUT2D eigenvalue weighted by Crippen LogP contribution is 2.19. The molecule has 19 heavy (non-hydrogen) atoms. The van der Waals surface area contributed by atoms with E-state index < -0.39 is 5.91 Å². The van der Waals surface area contributed by atoms with Crippen molar-refractivity contribution in [3.8, 4) is 0 Å². The maximum atomic E-state index is 12.9. The van der Waals surface area contributed by atoms with Gasteiger partial charge in [-0.2, -0.15) is 5.10 Å². The summed E-state index contributed by atoms with van der Waals surface area (Å²) in [5.41, 5.74) is 6.75. The van der Waals surface area contributed by atoms with Crippen molar-refractivity contribution >= 4 is 27.5 Å². The fourth-order valence-electron chi connectivity index (χ4n) is 1.56. The predicted molar refractivity (Wildman–Crippen MR) is 72.8 cm³/mol. The van der Waals surface area contributed by atoms with Gasteiger partial charge >= 0.3 is 0 Å². The number of carbonyl (C=O) groups excluding carboxylic acids is 1. The highest BCUT2D eigenvalue weighted by molar-refractivity contribution is 9.10. The predicted octanol–water partition coefficient (Wildman–Crippen LogP) is 1.88. The molecule has 100 valence electrons. The first-order valence-electron chi connectivity index (χ1n) is 5.53. The molecule has 0 aliphatic carbocycles. The van der Waals surface area contributed by atoms with Gasteiger partial charge in [0, 0.05) is 17.2 Å². The number of nitrogens with one attached hydrogen (secondary N) is 1. The van der Waals surface area contributed by atoms with Crippen LogP contribution in [-0.4, -0.2) is 15.7 Å². The molecule has 2 rings (SSSR count). The van der Waals surface area contributed by atoms with Gasteiger partial charge in [0.15, 0.2) is 0 Å². The fraction of sp³-hybridized carbons (Fsp3) is 0.167. The number of hydrogen-bond acceptors (Lipinski definition) is 3. The van der Waals surface area contributed by atoms with Crippen molar-refractivity contribution < 1.29 is 9.18 Å². The average Bonchev–Trinajstić information content (AvgIpc) is 2.74. The highest BCUT2D eigenvalue weighted by Gasteiger charge is 2.04. The van der Waals surface area contributed by atoms with Crippen LogP contribution in [0.25, 0.3) is 0 Å². The van der Waals surface area contributed by atoms with Crippen molar-refractivity contribution in [1.82, 2.24) is 9.78 Å². The number of nitrogens with two attached hydrogens (primary N) is 1. The molecule has 0 saturated heterocycles. The van der Waals surface area contributed by atoms with E-state index in [2.05, 4.69) is 26.3 Å². The number of nitrogens with zero attached hydrogens (tertiary/aromatic N) is 2. The Bertz CT molecular complexity index is 599. The van der Waals surface area contributed by atoms with E-state index in [1.165, 1.54) is 16.8 Å². The first kappa shape index (κ1) is 13.5. The Morgan fingerprint density at radius 1 is 1.53 bits per heavy atom. The Hall–Kier alpha value is -1.89. The summed E-state index contributed by atoms with van der Waals surface area (Å²) < 4.78 is 15.1. The second-order valence-corrected chi connectivity index (χ2v) is 4.84. The minimum absolute atomic E-state index is 0.0436. The van der Waals surface area contributed by atoms with E-state index in [0.717, 1.165) is 11.3 Å². The topological polar surface area (TPSA) is 72.9 Å². The van der Waals surface area contributed by atoms with E-state index >= 15 is 0 Å². The van der Waals surface area contributed by atoms with E-state index in [1.54, 1.807) is 18.5 Å². The SMILES string of the molecule is NC(=O)Cn1cc(NCc2ccc(F)cc2Br)cn1. The van der Waals surface area contributed by atoms with Crippen LogP contribution in [0.3, 0.4) is 0 Å². The number of rotatable bonds is 5. The lowest BCUT2D eigenvalue weighted by Crippen LogP contribution is -2.18. The number of carbonyl (C=O) groups is 1. The molecule has 1 heterocycles.